The van der Waals surface area contributed by atoms with Gasteiger partial charge in [-0.1, -0.05) is 13.0 Å². The van der Waals surface area contributed by atoms with Crippen molar-refractivity contribution in [3.8, 4) is 5.75 Å². The van der Waals surface area contributed by atoms with Crippen molar-refractivity contribution >= 4 is 16.9 Å². The molecular formula is C22H22F4N4O3. The highest BCUT2D eigenvalue weighted by Crippen LogP contribution is 2.59. The van der Waals surface area contributed by atoms with Crippen LogP contribution in [0.3, 0.4) is 0 Å². The highest BCUT2D eigenvalue weighted by molar-refractivity contribution is 5.93. The Morgan fingerprint density at radius 1 is 1.33 bits per heavy atom. The number of nitrogens with two attached hydrogens (primary N) is 1. The SMILES string of the molecule is COc1c([C@H]2[C@H](c3nc4cc(C(N)=O)ncc4[nH]3)O[C@@](C)(C(F)(F)F)[C@H]2C)ccc(F)c1C. The zero-order valence-corrected chi connectivity index (χ0v) is 18.2. The summed E-state index contributed by atoms with van der Waals surface area (Å²) in [6.07, 6.45) is -4.53. The molecule has 3 aromatic rings. The van der Waals surface area contributed by atoms with E-state index in [-0.39, 0.29) is 22.8 Å². The molecular weight excluding hydrogens is 444 g/mol. The Bertz CT molecular complexity index is 1240. The van der Waals surface area contributed by atoms with E-state index in [4.69, 9.17) is 15.2 Å². The number of H-pyrrole nitrogens is 1. The normalized spacial score (nSPS) is 25.5. The quantitative estimate of drug-likeness (QED) is 0.558. The van der Waals surface area contributed by atoms with Crippen LogP contribution in [0.15, 0.2) is 24.4 Å². The Hall–Kier alpha value is -3.21. The Morgan fingerprint density at radius 3 is 2.64 bits per heavy atom. The number of methoxy groups -OCH3 is 1. The number of pyridine rings is 1. The van der Waals surface area contributed by atoms with Gasteiger partial charge in [0.25, 0.3) is 5.91 Å². The van der Waals surface area contributed by atoms with Crippen molar-refractivity contribution in [2.75, 3.05) is 7.11 Å². The van der Waals surface area contributed by atoms with Gasteiger partial charge in [0.2, 0.25) is 0 Å². The van der Waals surface area contributed by atoms with Gasteiger partial charge in [0.15, 0.2) is 5.60 Å². The second-order valence-corrected chi connectivity index (χ2v) is 8.33. The van der Waals surface area contributed by atoms with E-state index in [1.165, 1.54) is 45.4 Å². The minimum Gasteiger partial charge on any atom is -0.496 e. The number of nitrogens with zero attached hydrogens (tertiary/aromatic N) is 2. The fraction of sp³-hybridized carbons (Fsp3) is 0.409. The van der Waals surface area contributed by atoms with Gasteiger partial charge in [0.1, 0.15) is 29.2 Å². The predicted molar refractivity (Wildman–Crippen MR) is 110 cm³/mol. The summed E-state index contributed by atoms with van der Waals surface area (Å²) < 4.78 is 67.7. The van der Waals surface area contributed by atoms with Crippen molar-refractivity contribution in [2.45, 2.75) is 44.6 Å². The van der Waals surface area contributed by atoms with Crippen molar-refractivity contribution in [3.05, 3.63) is 52.9 Å². The van der Waals surface area contributed by atoms with E-state index in [9.17, 15) is 22.4 Å². The molecule has 3 N–H and O–H groups in total. The number of rotatable bonds is 4. The molecule has 0 unspecified atom stereocenters. The smallest absolute Gasteiger partial charge is 0.417 e. The van der Waals surface area contributed by atoms with E-state index in [1.807, 2.05) is 0 Å². The Balaban J connectivity index is 1.91. The van der Waals surface area contributed by atoms with Crippen LogP contribution in [0.1, 0.15) is 53.3 Å². The minimum absolute atomic E-state index is 0.0335. The second-order valence-electron chi connectivity index (χ2n) is 8.33. The van der Waals surface area contributed by atoms with Crippen molar-refractivity contribution in [1.82, 2.24) is 15.0 Å². The van der Waals surface area contributed by atoms with Crippen LogP contribution in [0.5, 0.6) is 5.75 Å². The molecule has 11 heteroatoms. The summed E-state index contributed by atoms with van der Waals surface area (Å²) >= 11 is 0. The fourth-order valence-corrected chi connectivity index (χ4v) is 4.45. The van der Waals surface area contributed by atoms with Crippen LogP contribution in [0, 0.1) is 18.7 Å². The molecule has 1 fully saturated rings. The maximum absolute atomic E-state index is 14.2. The second kappa shape index (κ2) is 7.68. The summed E-state index contributed by atoms with van der Waals surface area (Å²) in [6.45, 7) is 3.92. The van der Waals surface area contributed by atoms with Gasteiger partial charge in [-0.05, 0) is 26.0 Å². The van der Waals surface area contributed by atoms with Gasteiger partial charge < -0.3 is 20.2 Å². The number of aromatic amines is 1. The number of carbonyl (C=O) groups is 1. The van der Waals surface area contributed by atoms with E-state index in [0.29, 0.717) is 16.6 Å². The summed E-state index contributed by atoms with van der Waals surface area (Å²) in [4.78, 5) is 22.7. The van der Waals surface area contributed by atoms with E-state index < -0.39 is 41.4 Å². The Kier molecular flexibility index (Phi) is 5.35. The average Bonchev–Trinajstić information content (AvgIpc) is 3.28. The Labute approximate surface area is 186 Å². The number of halogens is 4. The molecule has 2 aromatic heterocycles. The van der Waals surface area contributed by atoms with Gasteiger partial charge >= 0.3 is 6.18 Å². The lowest BCUT2D eigenvalue weighted by molar-refractivity contribution is -0.275. The fourth-order valence-electron chi connectivity index (χ4n) is 4.45. The average molecular weight is 466 g/mol. The molecule has 4 rings (SSSR count). The number of fused-ring (bicyclic) bond motifs is 1. The summed E-state index contributed by atoms with van der Waals surface area (Å²) in [6, 6.07) is 3.95. The van der Waals surface area contributed by atoms with Gasteiger partial charge in [0.05, 0.1) is 24.3 Å². The highest BCUT2D eigenvalue weighted by Gasteiger charge is 2.65. The number of imidazole rings is 1. The molecule has 3 heterocycles. The molecule has 0 saturated carbocycles. The van der Waals surface area contributed by atoms with Crippen LogP contribution in [-0.2, 0) is 4.74 Å². The summed E-state index contributed by atoms with van der Waals surface area (Å²) in [5.41, 5.74) is 3.97. The lowest BCUT2D eigenvalue weighted by Crippen LogP contribution is -2.46. The van der Waals surface area contributed by atoms with E-state index >= 15 is 0 Å². The van der Waals surface area contributed by atoms with Crippen LogP contribution in [0.25, 0.3) is 11.0 Å². The number of primary amides is 1. The van der Waals surface area contributed by atoms with Gasteiger partial charge in [0, 0.05) is 23.0 Å². The molecule has 0 bridgehead atoms. The third-order valence-electron chi connectivity index (χ3n) is 6.51. The molecule has 176 valence electrons. The number of aromatic nitrogens is 3. The molecule has 1 aromatic carbocycles. The summed E-state index contributed by atoms with van der Waals surface area (Å²) in [5, 5.41) is 0. The standard InChI is InChI=1S/C22H22F4N4O3/c1-9-12(23)6-5-11(17(9)32-4)16-10(2)21(3,22(24,25)26)33-18(16)20-29-13-7-14(19(27)31)28-8-15(13)30-20/h5-8,10,16,18H,1-4H3,(H2,27,31)(H,29,30)/t10-,16-,18+,21+/m0/s1. The Morgan fingerprint density at radius 2 is 2.03 bits per heavy atom. The lowest BCUT2D eigenvalue weighted by atomic mass is 9.76. The zero-order chi connectivity index (χ0) is 24.3. The predicted octanol–water partition coefficient (Wildman–Crippen LogP) is 4.33. The van der Waals surface area contributed by atoms with Crippen molar-refractivity contribution in [2.24, 2.45) is 11.7 Å². The zero-order valence-electron chi connectivity index (χ0n) is 18.2. The van der Waals surface area contributed by atoms with Crippen molar-refractivity contribution in [1.29, 1.82) is 0 Å². The summed E-state index contributed by atoms with van der Waals surface area (Å²) in [5.74, 6) is -2.99. The third kappa shape index (κ3) is 3.50. The summed E-state index contributed by atoms with van der Waals surface area (Å²) in [7, 11) is 1.34. The number of amides is 1. The maximum Gasteiger partial charge on any atom is 0.417 e. The van der Waals surface area contributed by atoms with E-state index in [1.54, 1.807) is 0 Å². The van der Waals surface area contributed by atoms with Crippen LogP contribution >= 0.6 is 0 Å². The molecule has 1 aliphatic rings. The van der Waals surface area contributed by atoms with Crippen LogP contribution in [0.2, 0.25) is 0 Å². The van der Waals surface area contributed by atoms with E-state index in [0.717, 1.165) is 6.92 Å². The van der Waals surface area contributed by atoms with Gasteiger partial charge in [-0.3, -0.25) is 4.79 Å². The van der Waals surface area contributed by atoms with Crippen molar-refractivity contribution < 1.29 is 31.8 Å². The molecule has 7 nitrogen and oxygen atoms in total. The third-order valence-corrected chi connectivity index (χ3v) is 6.51. The number of ether oxygens (including phenoxy) is 2. The number of hydrogen-bond acceptors (Lipinski definition) is 5. The van der Waals surface area contributed by atoms with Crippen LogP contribution in [-0.4, -0.2) is 39.7 Å². The van der Waals surface area contributed by atoms with E-state index in [2.05, 4.69) is 15.0 Å². The number of alkyl halides is 3. The monoisotopic (exact) mass is 466 g/mol. The number of carbonyl (C=O) groups excluding carboxylic acids is 1. The first-order valence-electron chi connectivity index (χ1n) is 10.1. The molecule has 0 aliphatic carbocycles. The first-order chi connectivity index (χ1) is 15.4. The highest BCUT2D eigenvalue weighted by atomic mass is 19.4. The largest absolute Gasteiger partial charge is 0.496 e. The molecule has 4 atom stereocenters. The van der Waals surface area contributed by atoms with Gasteiger partial charge in [-0.2, -0.15) is 13.2 Å². The molecule has 0 spiro atoms. The first-order valence-corrected chi connectivity index (χ1v) is 10.1. The molecule has 1 amide bonds. The lowest BCUT2D eigenvalue weighted by Gasteiger charge is -2.32. The molecule has 1 saturated heterocycles. The topological polar surface area (TPSA) is 103 Å². The number of nitrogens with one attached hydrogen (secondary N) is 1. The maximum atomic E-state index is 14.2. The van der Waals surface area contributed by atoms with Crippen LogP contribution in [0.4, 0.5) is 17.6 Å². The van der Waals surface area contributed by atoms with Crippen molar-refractivity contribution in [3.63, 3.8) is 0 Å². The first kappa shape index (κ1) is 23.0. The van der Waals surface area contributed by atoms with Gasteiger partial charge in [-0.15, -0.1) is 0 Å². The number of hydrogen-bond donors (Lipinski definition) is 2. The van der Waals surface area contributed by atoms with Crippen LogP contribution < -0.4 is 10.5 Å². The molecule has 1 aliphatic heterocycles. The molecule has 33 heavy (non-hydrogen) atoms. The molecule has 0 radical (unpaired) electrons. The van der Waals surface area contributed by atoms with Gasteiger partial charge in [-0.25, -0.2) is 14.4 Å². The minimum atomic E-state index is -4.69. The number of benzene rings is 1.